The summed E-state index contributed by atoms with van der Waals surface area (Å²) < 4.78 is 5.20. The van der Waals surface area contributed by atoms with Crippen LogP contribution in [-0.2, 0) is 9.53 Å². The molecule has 1 N–H and O–H groups in total. The number of rotatable bonds is 7. The molecule has 0 saturated carbocycles. The minimum atomic E-state index is -0.922. The number of carbonyl (C=O) groups is 3. The Labute approximate surface area is 144 Å². The fourth-order valence-corrected chi connectivity index (χ4v) is 2.75. The molecule has 0 saturated heterocycles. The van der Waals surface area contributed by atoms with Gasteiger partial charge in [0, 0.05) is 12.1 Å². The summed E-state index contributed by atoms with van der Waals surface area (Å²) in [5.41, 5.74) is 0.428. The monoisotopic (exact) mass is 345 g/mol. The average molecular weight is 345 g/mol. The van der Waals surface area contributed by atoms with E-state index >= 15 is 0 Å². The third kappa shape index (κ3) is 4.29. The molecule has 1 aromatic heterocycles. The van der Waals surface area contributed by atoms with Crippen LogP contribution in [0.25, 0.3) is 0 Å². The third-order valence-electron chi connectivity index (χ3n) is 3.34. The quantitative estimate of drug-likeness (QED) is 0.618. The first-order valence-electron chi connectivity index (χ1n) is 7.70. The van der Waals surface area contributed by atoms with E-state index in [1.54, 1.807) is 35.7 Å². The molecule has 24 heavy (non-hydrogen) atoms. The number of benzene rings is 1. The molecule has 1 aromatic carbocycles. The predicted molar refractivity (Wildman–Crippen MR) is 92.4 cm³/mol. The van der Waals surface area contributed by atoms with E-state index in [0.717, 1.165) is 6.42 Å². The van der Waals surface area contributed by atoms with Gasteiger partial charge in [0.05, 0.1) is 10.4 Å². The molecule has 2 rings (SSSR count). The van der Waals surface area contributed by atoms with Gasteiger partial charge in [0.1, 0.15) is 0 Å². The topological polar surface area (TPSA) is 72.5 Å². The summed E-state index contributed by atoms with van der Waals surface area (Å²) in [7, 11) is 0. The van der Waals surface area contributed by atoms with E-state index in [0.29, 0.717) is 11.4 Å². The van der Waals surface area contributed by atoms with Crippen LogP contribution in [0.1, 0.15) is 45.9 Å². The number of thiophene rings is 1. The zero-order valence-electron chi connectivity index (χ0n) is 13.6. The Morgan fingerprint density at radius 1 is 1.12 bits per heavy atom. The van der Waals surface area contributed by atoms with Gasteiger partial charge in [-0.3, -0.25) is 9.59 Å². The van der Waals surface area contributed by atoms with Crippen LogP contribution < -0.4 is 5.32 Å². The summed E-state index contributed by atoms with van der Waals surface area (Å²) in [6.07, 6.45) is -0.126. The summed E-state index contributed by atoms with van der Waals surface area (Å²) in [5, 5.41) is 4.47. The number of ether oxygens (including phenoxy) is 1. The first-order valence-corrected chi connectivity index (χ1v) is 8.58. The molecule has 0 spiro atoms. The highest BCUT2D eigenvalue weighted by Crippen LogP contribution is 2.19. The van der Waals surface area contributed by atoms with Crippen LogP contribution in [0.5, 0.6) is 0 Å². The second kappa shape index (κ2) is 8.40. The molecule has 0 aliphatic rings. The Morgan fingerprint density at radius 3 is 2.46 bits per heavy atom. The molecule has 0 aliphatic heterocycles. The minimum Gasteiger partial charge on any atom is -0.449 e. The molecule has 0 bridgehead atoms. The highest BCUT2D eigenvalue weighted by atomic mass is 32.1. The second-order valence-corrected chi connectivity index (χ2v) is 6.14. The zero-order chi connectivity index (χ0) is 17.5. The Morgan fingerprint density at radius 2 is 1.83 bits per heavy atom. The van der Waals surface area contributed by atoms with Crippen molar-refractivity contribution in [2.75, 3.05) is 6.54 Å². The molecule has 0 radical (unpaired) electrons. The van der Waals surface area contributed by atoms with Crippen LogP contribution in [0.3, 0.4) is 0 Å². The number of ketones is 1. The maximum absolute atomic E-state index is 12.5. The predicted octanol–water partition coefficient (Wildman–Crippen LogP) is 3.05. The summed E-state index contributed by atoms with van der Waals surface area (Å²) in [6, 6.07) is 9.94. The highest BCUT2D eigenvalue weighted by Gasteiger charge is 2.23. The normalized spacial score (nSPS) is 11.6. The summed E-state index contributed by atoms with van der Waals surface area (Å²) >= 11 is 1.31. The lowest BCUT2D eigenvalue weighted by atomic mass is 10.0. The van der Waals surface area contributed by atoms with Crippen molar-refractivity contribution >= 4 is 29.0 Å². The molecule has 1 unspecified atom stereocenters. The SMILES string of the molecule is CCCNC(=O)C(C)OC(=O)c1ccccc1C(=O)c1cccs1. The van der Waals surface area contributed by atoms with Crippen molar-refractivity contribution in [1.29, 1.82) is 0 Å². The van der Waals surface area contributed by atoms with Gasteiger partial charge in [0.15, 0.2) is 6.10 Å². The molecule has 1 atom stereocenters. The first-order chi connectivity index (χ1) is 11.5. The highest BCUT2D eigenvalue weighted by molar-refractivity contribution is 7.12. The van der Waals surface area contributed by atoms with Crippen molar-refractivity contribution in [3.63, 3.8) is 0 Å². The second-order valence-electron chi connectivity index (χ2n) is 5.19. The van der Waals surface area contributed by atoms with Gasteiger partial charge in [-0.05, 0) is 30.9 Å². The smallest absolute Gasteiger partial charge is 0.339 e. The lowest BCUT2D eigenvalue weighted by Gasteiger charge is -2.14. The number of carbonyl (C=O) groups excluding carboxylic acids is 3. The Hall–Kier alpha value is -2.47. The van der Waals surface area contributed by atoms with Crippen molar-refractivity contribution in [2.24, 2.45) is 0 Å². The Balaban J connectivity index is 2.15. The number of hydrogen-bond acceptors (Lipinski definition) is 5. The maximum Gasteiger partial charge on any atom is 0.339 e. The standard InChI is InChI=1S/C18H19NO4S/c1-3-10-19-17(21)12(2)23-18(22)14-8-5-4-7-13(14)16(20)15-9-6-11-24-15/h4-9,11-12H,3,10H2,1-2H3,(H,19,21). The van der Waals surface area contributed by atoms with E-state index in [4.69, 9.17) is 4.74 Å². The van der Waals surface area contributed by atoms with Crippen molar-refractivity contribution in [3.05, 3.63) is 57.8 Å². The van der Waals surface area contributed by atoms with Crippen molar-refractivity contribution in [3.8, 4) is 0 Å². The fraction of sp³-hybridized carbons (Fsp3) is 0.278. The number of hydrogen-bond donors (Lipinski definition) is 1. The van der Waals surface area contributed by atoms with Crippen LogP contribution >= 0.6 is 11.3 Å². The van der Waals surface area contributed by atoms with Gasteiger partial charge in [-0.2, -0.15) is 0 Å². The number of amides is 1. The van der Waals surface area contributed by atoms with Gasteiger partial charge in [-0.25, -0.2) is 4.79 Å². The largest absolute Gasteiger partial charge is 0.449 e. The lowest BCUT2D eigenvalue weighted by molar-refractivity contribution is -0.129. The van der Waals surface area contributed by atoms with Crippen LogP contribution in [-0.4, -0.2) is 30.3 Å². The lowest BCUT2D eigenvalue weighted by Crippen LogP contribution is -2.36. The van der Waals surface area contributed by atoms with E-state index in [-0.39, 0.29) is 22.8 Å². The van der Waals surface area contributed by atoms with Gasteiger partial charge in [0.2, 0.25) is 5.78 Å². The molecular formula is C18H19NO4S. The van der Waals surface area contributed by atoms with Gasteiger partial charge in [-0.1, -0.05) is 31.2 Å². The summed E-state index contributed by atoms with van der Waals surface area (Å²) in [4.78, 5) is 37.3. The van der Waals surface area contributed by atoms with Gasteiger partial charge in [-0.15, -0.1) is 11.3 Å². The molecular weight excluding hydrogens is 326 g/mol. The molecule has 1 amide bonds. The average Bonchev–Trinajstić information content (AvgIpc) is 3.13. The minimum absolute atomic E-state index is 0.158. The maximum atomic E-state index is 12.5. The molecule has 1 heterocycles. The Bertz CT molecular complexity index is 724. The van der Waals surface area contributed by atoms with Crippen LogP contribution in [0, 0.1) is 0 Å². The third-order valence-corrected chi connectivity index (χ3v) is 4.21. The van der Waals surface area contributed by atoms with Gasteiger partial charge >= 0.3 is 5.97 Å². The first kappa shape index (κ1) is 17.9. The van der Waals surface area contributed by atoms with Crippen LogP contribution in [0.4, 0.5) is 0 Å². The van der Waals surface area contributed by atoms with Crippen LogP contribution in [0.2, 0.25) is 0 Å². The fourth-order valence-electron chi connectivity index (χ4n) is 2.07. The van der Waals surface area contributed by atoms with E-state index in [1.165, 1.54) is 24.3 Å². The molecule has 6 heteroatoms. The van der Waals surface area contributed by atoms with Crippen molar-refractivity contribution in [1.82, 2.24) is 5.32 Å². The Kier molecular flexibility index (Phi) is 6.26. The number of nitrogens with one attached hydrogen (secondary N) is 1. The zero-order valence-corrected chi connectivity index (χ0v) is 14.4. The summed E-state index contributed by atoms with van der Waals surface area (Å²) in [6.45, 7) is 3.96. The van der Waals surface area contributed by atoms with Gasteiger partial charge in [0.25, 0.3) is 5.91 Å². The van der Waals surface area contributed by atoms with E-state index in [2.05, 4.69) is 5.32 Å². The van der Waals surface area contributed by atoms with E-state index < -0.39 is 12.1 Å². The molecule has 2 aromatic rings. The van der Waals surface area contributed by atoms with Gasteiger partial charge < -0.3 is 10.1 Å². The van der Waals surface area contributed by atoms with E-state index in [1.807, 2.05) is 6.92 Å². The van der Waals surface area contributed by atoms with Crippen LogP contribution in [0.15, 0.2) is 41.8 Å². The molecule has 0 aliphatic carbocycles. The van der Waals surface area contributed by atoms with E-state index in [9.17, 15) is 14.4 Å². The molecule has 0 fully saturated rings. The molecule has 5 nitrogen and oxygen atoms in total. The summed E-state index contributed by atoms with van der Waals surface area (Å²) in [5.74, 6) is -1.28. The van der Waals surface area contributed by atoms with Crippen molar-refractivity contribution in [2.45, 2.75) is 26.4 Å². The van der Waals surface area contributed by atoms with Crippen molar-refractivity contribution < 1.29 is 19.1 Å². The molecule has 126 valence electrons. The number of esters is 1.